The molecule has 3 rings (SSSR count). The molecule has 1 atom stereocenters. The van der Waals surface area contributed by atoms with Crippen molar-refractivity contribution in [2.45, 2.75) is 19.3 Å². The minimum Gasteiger partial charge on any atom is -0.454 e. The lowest BCUT2D eigenvalue weighted by Crippen LogP contribution is -2.41. The predicted molar refractivity (Wildman–Crippen MR) is 114 cm³/mol. The Labute approximate surface area is 174 Å². The molecular formula is C21H27BrN4O2. The largest absolute Gasteiger partial charge is 0.454 e. The van der Waals surface area contributed by atoms with Gasteiger partial charge in [0.2, 0.25) is 5.91 Å². The zero-order valence-corrected chi connectivity index (χ0v) is 17.7. The van der Waals surface area contributed by atoms with Crippen molar-refractivity contribution in [1.29, 1.82) is 0 Å². The monoisotopic (exact) mass is 446 g/mol. The Balaban J connectivity index is 1.37. The zero-order valence-electron chi connectivity index (χ0n) is 16.2. The predicted octanol–water partition coefficient (Wildman–Crippen LogP) is 2.84. The number of nitrogens with one attached hydrogen (secondary N) is 2. The highest BCUT2D eigenvalue weighted by Crippen LogP contribution is 2.17. The number of rotatable bonds is 8. The van der Waals surface area contributed by atoms with Crippen LogP contribution >= 0.6 is 15.9 Å². The summed E-state index contributed by atoms with van der Waals surface area (Å²) < 4.78 is 6.24. The molecule has 1 aromatic heterocycles. The van der Waals surface area contributed by atoms with Crippen LogP contribution in [0.15, 0.2) is 56.5 Å². The number of nitrogens with zero attached hydrogens (tertiary/aromatic N) is 2. The van der Waals surface area contributed by atoms with Crippen LogP contribution in [0.2, 0.25) is 0 Å². The van der Waals surface area contributed by atoms with Gasteiger partial charge in [0.1, 0.15) is 5.76 Å². The smallest absolute Gasteiger partial charge is 0.223 e. The topological polar surface area (TPSA) is 69.9 Å². The number of aliphatic imine (C=N–C) groups is 1. The van der Waals surface area contributed by atoms with Crippen molar-refractivity contribution in [3.63, 3.8) is 0 Å². The summed E-state index contributed by atoms with van der Waals surface area (Å²) in [5.74, 6) is 2.23. The quantitative estimate of drug-likeness (QED) is 0.483. The molecule has 0 bridgehead atoms. The summed E-state index contributed by atoms with van der Waals surface area (Å²) >= 11 is 3.31. The van der Waals surface area contributed by atoms with E-state index in [2.05, 4.69) is 43.7 Å². The number of hydrogen-bond acceptors (Lipinski definition) is 3. The third-order valence-electron chi connectivity index (χ3n) is 4.88. The fraction of sp³-hybridized carbons (Fsp3) is 0.429. The SMILES string of the molecule is CN=C(NCCc1ccc(Br)o1)NCC1CC(=O)N(CCc2ccccc2)C1. The Hall–Kier alpha value is -2.28. The number of amides is 1. The summed E-state index contributed by atoms with van der Waals surface area (Å²) in [6.45, 7) is 3.05. The molecule has 0 saturated carbocycles. The Morgan fingerprint density at radius 3 is 2.75 bits per heavy atom. The van der Waals surface area contributed by atoms with Crippen molar-refractivity contribution in [1.82, 2.24) is 15.5 Å². The molecule has 150 valence electrons. The number of likely N-dealkylation sites (tertiary alicyclic amines) is 1. The standard InChI is InChI=1S/C21H27BrN4O2/c1-23-21(24-11-9-18-7-8-19(22)28-18)25-14-17-13-20(27)26(15-17)12-10-16-5-3-2-4-6-16/h2-8,17H,9-15H2,1H3,(H2,23,24,25). The number of benzene rings is 1. The van der Waals surface area contributed by atoms with Gasteiger partial charge in [-0.3, -0.25) is 9.79 Å². The van der Waals surface area contributed by atoms with Crippen LogP contribution < -0.4 is 10.6 Å². The van der Waals surface area contributed by atoms with Gasteiger partial charge in [-0.05, 0) is 40.0 Å². The van der Waals surface area contributed by atoms with Crippen molar-refractivity contribution < 1.29 is 9.21 Å². The number of carbonyl (C=O) groups is 1. The summed E-state index contributed by atoms with van der Waals surface area (Å²) in [6.07, 6.45) is 2.28. The first-order valence-electron chi connectivity index (χ1n) is 9.64. The maximum absolute atomic E-state index is 12.3. The molecule has 7 heteroatoms. The molecule has 6 nitrogen and oxygen atoms in total. The van der Waals surface area contributed by atoms with E-state index < -0.39 is 0 Å². The molecule has 2 aromatic rings. The molecule has 2 N–H and O–H groups in total. The van der Waals surface area contributed by atoms with E-state index >= 15 is 0 Å². The van der Waals surface area contributed by atoms with E-state index in [4.69, 9.17) is 4.42 Å². The van der Waals surface area contributed by atoms with Crippen LogP contribution in [0.1, 0.15) is 17.7 Å². The maximum Gasteiger partial charge on any atom is 0.223 e. The minimum absolute atomic E-state index is 0.245. The Kier molecular flexibility index (Phi) is 7.54. The van der Waals surface area contributed by atoms with Crippen molar-refractivity contribution in [3.8, 4) is 0 Å². The van der Waals surface area contributed by atoms with E-state index in [1.54, 1.807) is 7.05 Å². The number of furan rings is 1. The lowest BCUT2D eigenvalue weighted by atomic mass is 10.1. The molecule has 1 aliphatic rings. The highest BCUT2D eigenvalue weighted by Gasteiger charge is 2.29. The number of hydrogen-bond donors (Lipinski definition) is 2. The van der Waals surface area contributed by atoms with Gasteiger partial charge in [0.05, 0.1) is 0 Å². The zero-order chi connectivity index (χ0) is 19.8. The van der Waals surface area contributed by atoms with E-state index in [0.29, 0.717) is 12.3 Å². The average Bonchev–Trinajstić information content (AvgIpc) is 3.28. The van der Waals surface area contributed by atoms with Gasteiger partial charge in [-0.1, -0.05) is 30.3 Å². The van der Waals surface area contributed by atoms with Gasteiger partial charge in [-0.15, -0.1) is 0 Å². The molecule has 1 unspecified atom stereocenters. The first-order chi connectivity index (χ1) is 13.6. The molecule has 28 heavy (non-hydrogen) atoms. The van der Waals surface area contributed by atoms with Crippen LogP contribution in [0.25, 0.3) is 0 Å². The first-order valence-corrected chi connectivity index (χ1v) is 10.4. The Morgan fingerprint density at radius 1 is 1.21 bits per heavy atom. The minimum atomic E-state index is 0.245. The normalized spacial score (nSPS) is 17.2. The molecule has 0 spiro atoms. The van der Waals surface area contributed by atoms with Crippen LogP contribution in [0.4, 0.5) is 0 Å². The van der Waals surface area contributed by atoms with Gasteiger partial charge in [0, 0.05) is 52.0 Å². The van der Waals surface area contributed by atoms with Gasteiger partial charge in [0.15, 0.2) is 10.6 Å². The number of halogens is 1. The molecule has 1 aromatic carbocycles. The highest BCUT2D eigenvalue weighted by molar-refractivity contribution is 9.10. The summed E-state index contributed by atoms with van der Waals surface area (Å²) in [6, 6.07) is 14.2. The Bertz CT molecular complexity index is 791. The average molecular weight is 447 g/mol. The fourth-order valence-electron chi connectivity index (χ4n) is 3.37. The number of guanidine groups is 1. The van der Waals surface area contributed by atoms with E-state index in [1.165, 1.54) is 5.56 Å². The Morgan fingerprint density at radius 2 is 2.04 bits per heavy atom. The lowest BCUT2D eigenvalue weighted by Gasteiger charge is -2.18. The van der Waals surface area contributed by atoms with Crippen LogP contribution in [0.3, 0.4) is 0 Å². The van der Waals surface area contributed by atoms with E-state index in [1.807, 2.05) is 35.2 Å². The molecular weight excluding hydrogens is 420 g/mol. The molecule has 0 radical (unpaired) electrons. The summed E-state index contributed by atoms with van der Waals surface area (Å²) in [7, 11) is 1.75. The fourth-order valence-corrected chi connectivity index (χ4v) is 3.71. The second-order valence-corrected chi connectivity index (χ2v) is 7.76. The molecule has 1 fully saturated rings. The van der Waals surface area contributed by atoms with Crippen molar-refractivity contribution in [2.75, 3.05) is 33.2 Å². The second-order valence-electron chi connectivity index (χ2n) is 6.98. The lowest BCUT2D eigenvalue weighted by molar-refractivity contribution is -0.127. The van der Waals surface area contributed by atoms with Gasteiger partial charge >= 0.3 is 0 Å². The van der Waals surface area contributed by atoms with Crippen LogP contribution in [0, 0.1) is 5.92 Å². The molecule has 1 aliphatic heterocycles. The molecule has 2 heterocycles. The highest BCUT2D eigenvalue weighted by atomic mass is 79.9. The van der Waals surface area contributed by atoms with Gasteiger partial charge < -0.3 is 20.0 Å². The summed E-state index contributed by atoms with van der Waals surface area (Å²) in [5, 5.41) is 6.62. The molecule has 0 aliphatic carbocycles. The van der Waals surface area contributed by atoms with Crippen LogP contribution in [-0.4, -0.2) is 50.0 Å². The maximum atomic E-state index is 12.3. The van der Waals surface area contributed by atoms with E-state index in [9.17, 15) is 4.79 Å². The van der Waals surface area contributed by atoms with Crippen LogP contribution in [0.5, 0.6) is 0 Å². The summed E-state index contributed by atoms with van der Waals surface area (Å²) in [4.78, 5) is 18.5. The van der Waals surface area contributed by atoms with Crippen molar-refractivity contribution in [2.24, 2.45) is 10.9 Å². The number of carbonyl (C=O) groups excluding carboxylic acids is 1. The van der Waals surface area contributed by atoms with Crippen molar-refractivity contribution >= 4 is 27.8 Å². The van der Waals surface area contributed by atoms with Crippen molar-refractivity contribution in [3.05, 3.63) is 58.5 Å². The van der Waals surface area contributed by atoms with Crippen LogP contribution in [-0.2, 0) is 17.6 Å². The summed E-state index contributed by atoms with van der Waals surface area (Å²) in [5.41, 5.74) is 1.27. The van der Waals surface area contributed by atoms with Gasteiger partial charge in [-0.25, -0.2) is 0 Å². The second kappa shape index (κ2) is 10.3. The van der Waals surface area contributed by atoms with E-state index in [-0.39, 0.29) is 5.91 Å². The first kappa shape index (κ1) is 20.5. The molecule has 1 amide bonds. The third-order valence-corrected chi connectivity index (χ3v) is 5.31. The van der Waals surface area contributed by atoms with E-state index in [0.717, 1.165) is 55.4 Å². The van der Waals surface area contributed by atoms with Gasteiger partial charge in [-0.2, -0.15) is 0 Å². The van der Waals surface area contributed by atoms with Gasteiger partial charge in [0.25, 0.3) is 0 Å². The third kappa shape index (κ3) is 6.12. The molecule has 1 saturated heterocycles.